The highest BCUT2D eigenvalue weighted by atomic mass is 19.1. The lowest BCUT2D eigenvalue weighted by Crippen LogP contribution is -2.21. The maximum absolute atomic E-state index is 14.2. The predicted octanol–water partition coefficient (Wildman–Crippen LogP) is 5.90. The van der Waals surface area contributed by atoms with E-state index in [1.807, 2.05) is 43.3 Å². The maximum atomic E-state index is 14.2. The molecule has 4 rings (SSSR count). The summed E-state index contributed by atoms with van der Waals surface area (Å²) in [7, 11) is 0. The van der Waals surface area contributed by atoms with Gasteiger partial charge in [-0.3, -0.25) is 4.79 Å². The molecule has 0 bridgehead atoms. The summed E-state index contributed by atoms with van der Waals surface area (Å²) in [6.45, 7) is 3.94. The molecule has 0 aromatic heterocycles. The van der Waals surface area contributed by atoms with E-state index in [2.05, 4.69) is 11.8 Å². The second-order valence-corrected chi connectivity index (χ2v) is 7.77. The molecule has 0 aliphatic carbocycles. The lowest BCUT2D eigenvalue weighted by Gasteiger charge is -2.27. The van der Waals surface area contributed by atoms with Crippen LogP contribution in [0.25, 0.3) is 11.1 Å². The average molecular weight is 430 g/mol. The average Bonchev–Trinajstić information content (AvgIpc) is 2.79. The molecule has 1 unspecified atom stereocenters. The van der Waals surface area contributed by atoms with Crippen molar-refractivity contribution in [3.05, 3.63) is 83.2 Å². The minimum Gasteiger partial charge on any atom is -0.485 e. The van der Waals surface area contributed by atoms with Crippen molar-refractivity contribution in [1.29, 1.82) is 0 Å². The molecule has 162 valence electrons. The van der Waals surface area contributed by atoms with E-state index in [-0.39, 0.29) is 18.3 Å². The van der Waals surface area contributed by atoms with Crippen molar-refractivity contribution in [1.82, 2.24) is 0 Å². The molecule has 0 saturated heterocycles. The highest BCUT2D eigenvalue weighted by Gasteiger charge is 2.24. The van der Waals surface area contributed by atoms with E-state index in [0.717, 1.165) is 22.3 Å². The minimum atomic E-state index is -0.901. The SMILES string of the molecule is CC#C[C@@H](CC(=O)O)c1ccc2c(c1)OCC(c1ccc(-c3cc(C)ccc3F)cc1)O2. The molecule has 0 radical (unpaired) electrons. The maximum Gasteiger partial charge on any atom is 0.304 e. The van der Waals surface area contributed by atoms with Crippen LogP contribution in [-0.4, -0.2) is 17.7 Å². The summed E-state index contributed by atoms with van der Waals surface area (Å²) in [5, 5.41) is 9.15. The normalized spacial score (nSPS) is 15.4. The van der Waals surface area contributed by atoms with Crippen LogP contribution >= 0.6 is 0 Å². The summed E-state index contributed by atoms with van der Waals surface area (Å²) in [4.78, 5) is 11.2. The molecule has 1 heterocycles. The molecule has 0 saturated carbocycles. The Balaban J connectivity index is 1.52. The highest BCUT2D eigenvalue weighted by Crippen LogP contribution is 2.39. The Morgan fingerprint density at radius 2 is 1.91 bits per heavy atom. The molecule has 32 heavy (non-hydrogen) atoms. The molecular weight excluding hydrogens is 407 g/mol. The zero-order chi connectivity index (χ0) is 22.7. The number of hydrogen-bond donors (Lipinski definition) is 1. The van der Waals surface area contributed by atoms with Gasteiger partial charge in [0.05, 0.1) is 12.3 Å². The van der Waals surface area contributed by atoms with E-state index < -0.39 is 11.9 Å². The quantitative estimate of drug-likeness (QED) is 0.513. The Morgan fingerprint density at radius 3 is 2.62 bits per heavy atom. The molecule has 3 aromatic carbocycles. The standard InChI is InChI=1S/C27H23FO4/c1-3-4-20(15-27(29)30)21-10-12-24-25(14-21)31-16-26(32-24)19-8-6-18(7-9-19)22-13-17(2)5-11-23(22)28/h5-14,20,26H,15-16H2,1-2H3,(H,29,30)/t20-,26?/m0/s1. The van der Waals surface area contributed by atoms with Crippen molar-refractivity contribution >= 4 is 5.97 Å². The van der Waals surface area contributed by atoms with Crippen molar-refractivity contribution in [2.75, 3.05) is 6.61 Å². The first-order chi connectivity index (χ1) is 15.4. The lowest BCUT2D eigenvalue weighted by molar-refractivity contribution is -0.137. The van der Waals surface area contributed by atoms with E-state index in [1.165, 1.54) is 6.07 Å². The third-order valence-corrected chi connectivity index (χ3v) is 5.44. The summed E-state index contributed by atoms with van der Waals surface area (Å²) in [6.07, 6.45) is -0.369. The first-order valence-electron chi connectivity index (χ1n) is 10.4. The number of carboxylic acids is 1. The zero-order valence-electron chi connectivity index (χ0n) is 17.9. The third-order valence-electron chi connectivity index (χ3n) is 5.44. The number of halogens is 1. The van der Waals surface area contributed by atoms with Gasteiger partial charge < -0.3 is 14.6 Å². The van der Waals surface area contributed by atoms with Gasteiger partial charge in [0.25, 0.3) is 0 Å². The van der Waals surface area contributed by atoms with E-state index >= 15 is 0 Å². The van der Waals surface area contributed by atoms with Crippen molar-refractivity contribution in [3.63, 3.8) is 0 Å². The van der Waals surface area contributed by atoms with Gasteiger partial charge >= 0.3 is 5.97 Å². The van der Waals surface area contributed by atoms with Crippen LogP contribution in [0.3, 0.4) is 0 Å². The van der Waals surface area contributed by atoms with Gasteiger partial charge in [0.15, 0.2) is 17.6 Å². The fourth-order valence-corrected chi connectivity index (χ4v) is 3.81. The number of aryl methyl sites for hydroxylation is 1. The molecule has 1 aliphatic rings. The van der Waals surface area contributed by atoms with E-state index in [9.17, 15) is 9.18 Å². The van der Waals surface area contributed by atoms with Crippen molar-refractivity contribution < 1.29 is 23.8 Å². The first kappa shape index (κ1) is 21.5. The molecular formula is C27H23FO4. The van der Waals surface area contributed by atoms with Crippen LogP contribution in [0.4, 0.5) is 4.39 Å². The van der Waals surface area contributed by atoms with Crippen LogP contribution in [0.15, 0.2) is 60.7 Å². The molecule has 4 nitrogen and oxygen atoms in total. The highest BCUT2D eigenvalue weighted by molar-refractivity contribution is 5.69. The monoisotopic (exact) mass is 430 g/mol. The van der Waals surface area contributed by atoms with Gasteiger partial charge in [-0.25, -0.2) is 4.39 Å². The van der Waals surface area contributed by atoms with E-state index in [1.54, 1.807) is 25.1 Å². The Morgan fingerprint density at radius 1 is 1.12 bits per heavy atom. The van der Waals surface area contributed by atoms with Crippen LogP contribution < -0.4 is 9.47 Å². The summed E-state index contributed by atoms with van der Waals surface area (Å²) < 4.78 is 26.3. The van der Waals surface area contributed by atoms with E-state index in [4.69, 9.17) is 14.6 Å². The number of aliphatic carboxylic acids is 1. The topological polar surface area (TPSA) is 55.8 Å². The number of fused-ring (bicyclic) bond motifs is 1. The fraction of sp³-hybridized carbons (Fsp3) is 0.222. The largest absolute Gasteiger partial charge is 0.485 e. The molecule has 0 fully saturated rings. The Kier molecular flexibility index (Phi) is 6.13. The smallest absolute Gasteiger partial charge is 0.304 e. The van der Waals surface area contributed by atoms with Gasteiger partial charge in [-0.15, -0.1) is 5.92 Å². The first-order valence-corrected chi connectivity index (χ1v) is 10.4. The van der Waals surface area contributed by atoms with Crippen molar-refractivity contribution in [2.45, 2.75) is 32.3 Å². The molecule has 2 atom stereocenters. The molecule has 1 N–H and O–H groups in total. The molecule has 0 amide bonds. The number of carbonyl (C=O) groups is 1. The predicted molar refractivity (Wildman–Crippen MR) is 120 cm³/mol. The number of rotatable bonds is 5. The van der Waals surface area contributed by atoms with Crippen LogP contribution in [0, 0.1) is 24.6 Å². The van der Waals surface area contributed by atoms with E-state index in [0.29, 0.717) is 23.7 Å². The second-order valence-electron chi connectivity index (χ2n) is 7.77. The molecule has 3 aromatic rings. The third kappa shape index (κ3) is 4.60. The molecule has 0 spiro atoms. The lowest BCUT2D eigenvalue weighted by atomic mass is 9.95. The van der Waals surface area contributed by atoms with Crippen molar-refractivity contribution in [2.24, 2.45) is 0 Å². The Hall–Kier alpha value is -3.78. The number of ether oxygens (including phenoxy) is 2. The van der Waals surface area contributed by atoms with Gasteiger partial charge in [-0.2, -0.15) is 0 Å². The summed E-state index contributed by atoms with van der Waals surface area (Å²) in [5.74, 6) is 5.35. The van der Waals surface area contributed by atoms with Crippen LogP contribution in [-0.2, 0) is 4.79 Å². The van der Waals surface area contributed by atoms with Crippen LogP contribution in [0.5, 0.6) is 11.5 Å². The second kappa shape index (κ2) is 9.15. The number of hydrogen-bond acceptors (Lipinski definition) is 3. The fourth-order valence-electron chi connectivity index (χ4n) is 3.81. The van der Waals surface area contributed by atoms with Crippen LogP contribution in [0.2, 0.25) is 0 Å². The summed E-state index contributed by atoms with van der Waals surface area (Å²) in [5.41, 5.74) is 4.09. The van der Waals surface area contributed by atoms with Crippen LogP contribution in [0.1, 0.15) is 42.1 Å². The van der Waals surface area contributed by atoms with Gasteiger partial charge in [0.2, 0.25) is 0 Å². The minimum absolute atomic E-state index is 0.0724. The number of carboxylic acid groups (broad SMARTS) is 1. The molecule has 1 aliphatic heterocycles. The number of benzene rings is 3. The Bertz CT molecular complexity index is 1200. The van der Waals surface area contributed by atoms with Gasteiger partial charge in [-0.05, 0) is 54.8 Å². The van der Waals surface area contributed by atoms with Gasteiger partial charge in [0.1, 0.15) is 12.4 Å². The van der Waals surface area contributed by atoms with Crippen molar-refractivity contribution in [3.8, 4) is 34.5 Å². The molecule has 5 heteroatoms. The summed E-state index contributed by atoms with van der Waals surface area (Å²) >= 11 is 0. The van der Waals surface area contributed by atoms with Gasteiger partial charge in [-0.1, -0.05) is 47.9 Å². The van der Waals surface area contributed by atoms with Gasteiger partial charge in [0, 0.05) is 5.56 Å². The zero-order valence-corrected chi connectivity index (χ0v) is 17.9. The summed E-state index contributed by atoms with van der Waals surface area (Å²) in [6, 6.07) is 18.1. The Labute approximate surface area is 186 Å².